The maximum Gasteiger partial charge on any atom is 0.170 e. The second-order valence-corrected chi connectivity index (χ2v) is 4.80. The molecule has 3 rings (SSSR count). The van der Waals surface area contributed by atoms with Gasteiger partial charge in [-0.25, -0.2) is 4.39 Å². The smallest absolute Gasteiger partial charge is 0.170 e. The van der Waals surface area contributed by atoms with E-state index in [4.69, 9.17) is 5.73 Å². The van der Waals surface area contributed by atoms with Crippen molar-refractivity contribution in [1.82, 2.24) is 4.98 Å². The number of ketones is 1. The normalized spacial score (nSPS) is 10.7. The van der Waals surface area contributed by atoms with Crippen LogP contribution in [-0.4, -0.2) is 10.8 Å². The number of halogens is 1. The van der Waals surface area contributed by atoms with E-state index in [1.807, 2.05) is 30.3 Å². The first-order chi connectivity index (χ1) is 10.1. The molecular weight excluding hydrogens is 267 g/mol. The van der Waals surface area contributed by atoms with Crippen molar-refractivity contribution in [1.29, 1.82) is 0 Å². The van der Waals surface area contributed by atoms with Crippen molar-refractivity contribution in [3.63, 3.8) is 0 Å². The summed E-state index contributed by atoms with van der Waals surface area (Å²) in [5.74, 6) is -0.817. The van der Waals surface area contributed by atoms with E-state index >= 15 is 0 Å². The van der Waals surface area contributed by atoms with Gasteiger partial charge in [0.2, 0.25) is 0 Å². The van der Waals surface area contributed by atoms with Crippen LogP contribution in [0.2, 0.25) is 0 Å². The van der Waals surface area contributed by atoms with Crippen LogP contribution in [0.1, 0.15) is 16.1 Å². The summed E-state index contributed by atoms with van der Waals surface area (Å²) in [7, 11) is 0. The van der Waals surface area contributed by atoms with Crippen molar-refractivity contribution >= 4 is 22.4 Å². The van der Waals surface area contributed by atoms with Crippen LogP contribution in [0, 0.1) is 5.82 Å². The molecule has 1 aromatic heterocycles. The van der Waals surface area contributed by atoms with E-state index in [1.54, 1.807) is 6.07 Å². The van der Waals surface area contributed by atoms with Crippen molar-refractivity contribution in [3.8, 4) is 0 Å². The topological polar surface area (TPSA) is 56.0 Å². The van der Waals surface area contributed by atoms with Gasteiger partial charge >= 0.3 is 0 Å². The zero-order valence-electron chi connectivity index (χ0n) is 11.2. The van der Waals surface area contributed by atoms with Crippen LogP contribution in [0.5, 0.6) is 0 Å². The molecule has 0 saturated carbocycles. The van der Waals surface area contributed by atoms with Crippen LogP contribution in [-0.2, 0) is 6.42 Å². The molecule has 0 aliphatic carbocycles. The molecule has 3 nitrogen and oxygen atoms in total. The number of benzene rings is 2. The van der Waals surface area contributed by atoms with Crippen LogP contribution < -0.4 is 5.73 Å². The SMILES string of the molecule is Nc1c(F)cccc1C(=O)Cc1ccc2ccccc2n1. The molecule has 0 bridgehead atoms. The van der Waals surface area contributed by atoms with Crippen LogP contribution in [0.4, 0.5) is 10.1 Å². The average molecular weight is 280 g/mol. The average Bonchev–Trinajstić information content (AvgIpc) is 2.50. The summed E-state index contributed by atoms with van der Waals surface area (Å²) in [6.07, 6.45) is 0.0957. The number of nitrogen functional groups attached to an aromatic ring is 1. The highest BCUT2D eigenvalue weighted by molar-refractivity contribution is 6.02. The Hall–Kier alpha value is -2.75. The molecule has 2 N–H and O–H groups in total. The van der Waals surface area contributed by atoms with E-state index in [0.29, 0.717) is 5.69 Å². The Balaban J connectivity index is 1.91. The van der Waals surface area contributed by atoms with E-state index < -0.39 is 5.82 Å². The van der Waals surface area contributed by atoms with Gasteiger partial charge in [-0.3, -0.25) is 9.78 Å². The fourth-order valence-electron chi connectivity index (χ4n) is 2.25. The van der Waals surface area contributed by atoms with E-state index in [2.05, 4.69) is 4.98 Å². The summed E-state index contributed by atoms with van der Waals surface area (Å²) in [5.41, 5.74) is 7.17. The Kier molecular flexibility index (Phi) is 3.36. The van der Waals surface area contributed by atoms with Gasteiger partial charge < -0.3 is 5.73 Å². The van der Waals surface area contributed by atoms with Gasteiger partial charge in [-0.15, -0.1) is 0 Å². The number of hydrogen-bond acceptors (Lipinski definition) is 3. The van der Waals surface area contributed by atoms with Crippen molar-refractivity contribution in [2.45, 2.75) is 6.42 Å². The molecule has 0 unspecified atom stereocenters. The molecule has 0 fully saturated rings. The van der Waals surface area contributed by atoms with Gasteiger partial charge in [0.15, 0.2) is 5.78 Å². The predicted molar refractivity (Wildman–Crippen MR) is 80.6 cm³/mol. The lowest BCUT2D eigenvalue weighted by Gasteiger charge is -2.06. The number of pyridine rings is 1. The lowest BCUT2D eigenvalue weighted by atomic mass is 10.0. The van der Waals surface area contributed by atoms with Crippen LogP contribution >= 0.6 is 0 Å². The molecule has 4 heteroatoms. The number of nitrogens with two attached hydrogens (primary N) is 1. The first kappa shape index (κ1) is 13.2. The van der Waals surface area contributed by atoms with E-state index in [-0.39, 0.29) is 23.5 Å². The third-order valence-corrected chi connectivity index (χ3v) is 3.35. The molecule has 0 aliphatic heterocycles. The van der Waals surface area contributed by atoms with Gasteiger partial charge in [-0.05, 0) is 24.3 Å². The summed E-state index contributed by atoms with van der Waals surface area (Å²) in [6.45, 7) is 0. The van der Waals surface area contributed by atoms with Gasteiger partial charge in [0, 0.05) is 16.6 Å². The zero-order chi connectivity index (χ0) is 14.8. The molecule has 104 valence electrons. The lowest BCUT2D eigenvalue weighted by Crippen LogP contribution is -2.09. The summed E-state index contributed by atoms with van der Waals surface area (Å²) in [5, 5.41) is 1.01. The molecule has 0 aliphatic rings. The monoisotopic (exact) mass is 280 g/mol. The molecular formula is C17H13FN2O. The molecule has 3 aromatic rings. The minimum Gasteiger partial charge on any atom is -0.396 e. The standard InChI is InChI=1S/C17H13FN2O/c18-14-6-3-5-13(17(14)19)16(21)10-12-9-8-11-4-1-2-7-15(11)20-12/h1-9H,10,19H2. The number of carbonyl (C=O) groups is 1. The third-order valence-electron chi connectivity index (χ3n) is 3.35. The minimum atomic E-state index is -0.577. The predicted octanol–water partition coefficient (Wildman–Crippen LogP) is 3.38. The number of anilines is 1. The summed E-state index contributed by atoms with van der Waals surface area (Å²) < 4.78 is 13.4. The highest BCUT2D eigenvalue weighted by Crippen LogP contribution is 2.19. The zero-order valence-corrected chi connectivity index (χ0v) is 11.2. The highest BCUT2D eigenvalue weighted by Gasteiger charge is 2.14. The molecule has 0 saturated heterocycles. The van der Waals surface area contributed by atoms with E-state index in [0.717, 1.165) is 10.9 Å². The number of Topliss-reactive ketones (excluding diaryl/α,β-unsaturated/α-hetero) is 1. The van der Waals surface area contributed by atoms with Gasteiger partial charge in [0.25, 0.3) is 0 Å². The highest BCUT2D eigenvalue weighted by atomic mass is 19.1. The number of nitrogens with zero attached hydrogens (tertiary/aromatic N) is 1. The van der Waals surface area contributed by atoms with Gasteiger partial charge in [-0.2, -0.15) is 0 Å². The number of aromatic nitrogens is 1. The second kappa shape index (κ2) is 5.32. The second-order valence-electron chi connectivity index (χ2n) is 4.80. The largest absolute Gasteiger partial charge is 0.396 e. The van der Waals surface area contributed by atoms with Crippen LogP contribution in [0.25, 0.3) is 10.9 Å². The lowest BCUT2D eigenvalue weighted by molar-refractivity contribution is 0.0992. The van der Waals surface area contributed by atoms with E-state index in [9.17, 15) is 9.18 Å². The Bertz CT molecular complexity index is 830. The molecule has 0 amide bonds. The van der Waals surface area contributed by atoms with Crippen molar-refractivity contribution in [2.24, 2.45) is 0 Å². The quantitative estimate of drug-likeness (QED) is 0.591. The minimum absolute atomic E-state index is 0.0957. The fourth-order valence-corrected chi connectivity index (χ4v) is 2.25. The number of hydrogen-bond donors (Lipinski definition) is 1. The van der Waals surface area contributed by atoms with Gasteiger partial charge in [0.05, 0.1) is 17.6 Å². The van der Waals surface area contributed by atoms with Crippen molar-refractivity contribution in [2.75, 3.05) is 5.73 Å². The maximum atomic E-state index is 13.4. The number of carbonyl (C=O) groups excluding carboxylic acids is 1. The van der Waals surface area contributed by atoms with Crippen LogP contribution in [0.3, 0.4) is 0 Å². The Morgan fingerprint density at radius 1 is 1.05 bits per heavy atom. The number of fused-ring (bicyclic) bond motifs is 1. The van der Waals surface area contributed by atoms with Crippen molar-refractivity contribution in [3.05, 3.63) is 71.7 Å². The van der Waals surface area contributed by atoms with Gasteiger partial charge in [0.1, 0.15) is 5.82 Å². The summed E-state index contributed by atoms with van der Waals surface area (Å²) in [4.78, 5) is 16.7. The molecule has 0 radical (unpaired) electrons. The molecule has 2 aromatic carbocycles. The Morgan fingerprint density at radius 2 is 1.86 bits per heavy atom. The van der Waals surface area contributed by atoms with E-state index in [1.165, 1.54) is 18.2 Å². The molecule has 0 spiro atoms. The maximum absolute atomic E-state index is 13.4. The Morgan fingerprint density at radius 3 is 2.71 bits per heavy atom. The Labute approximate surface area is 121 Å². The summed E-state index contributed by atoms with van der Waals surface area (Å²) in [6, 6.07) is 15.6. The van der Waals surface area contributed by atoms with Gasteiger partial charge in [-0.1, -0.05) is 30.3 Å². The van der Waals surface area contributed by atoms with Crippen molar-refractivity contribution < 1.29 is 9.18 Å². The number of para-hydroxylation sites is 2. The number of rotatable bonds is 3. The fraction of sp³-hybridized carbons (Fsp3) is 0.0588. The summed E-state index contributed by atoms with van der Waals surface area (Å²) >= 11 is 0. The first-order valence-electron chi connectivity index (χ1n) is 6.57. The first-order valence-corrected chi connectivity index (χ1v) is 6.57. The third kappa shape index (κ3) is 2.60. The van der Waals surface area contributed by atoms with Crippen LogP contribution in [0.15, 0.2) is 54.6 Å². The molecule has 1 heterocycles. The molecule has 21 heavy (non-hydrogen) atoms. The molecule has 0 atom stereocenters.